The first-order valence-electron chi connectivity index (χ1n) is 5.82. The zero-order valence-corrected chi connectivity index (χ0v) is 9.89. The maximum absolute atomic E-state index is 12.2. The Bertz CT molecular complexity index is 391. The fraction of sp³-hybridized carbons (Fsp3) is 0.545. The molecule has 3 N–H and O–H groups in total. The minimum atomic E-state index is -0.0479. The number of likely N-dealkylation sites (tertiary alicyclic amines) is 1. The van der Waals surface area contributed by atoms with Gasteiger partial charge in [0.25, 0.3) is 5.91 Å². The number of amides is 1. The van der Waals surface area contributed by atoms with Gasteiger partial charge >= 0.3 is 0 Å². The highest BCUT2D eigenvalue weighted by Gasteiger charge is 2.25. The molecule has 17 heavy (non-hydrogen) atoms. The molecule has 6 nitrogen and oxygen atoms in total. The fourth-order valence-corrected chi connectivity index (χ4v) is 2.06. The molecule has 1 amide bonds. The molecule has 0 aliphatic carbocycles. The molecule has 92 valence electrons. The second-order valence-electron chi connectivity index (χ2n) is 4.27. The molecule has 0 aromatic carbocycles. The molecule has 1 unspecified atom stereocenters. The minimum Gasteiger partial charge on any atom is -0.335 e. The molecule has 0 bridgehead atoms. The van der Waals surface area contributed by atoms with Gasteiger partial charge < -0.3 is 10.3 Å². The van der Waals surface area contributed by atoms with Gasteiger partial charge in [0.15, 0.2) is 5.82 Å². The van der Waals surface area contributed by atoms with Gasteiger partial charge in [-0.1, -0.05) is 0 Å². The number of nitrogens with one attached hydrogen (secondary N) is 1. The number of hydrogen-bond acceptors (Lipinski definition) is 5. The second-order valence-corrected chi connectivity index (χ2v) is 4.27. The van der Waals surface area contributed by atoms with E-state index >= 15 is 0 Å². The molecule has 1 saturated heterocycles. The van der Waals surface area contributed by atoms with Crippen LogP contribution in [-0.2, 0) is 0 Å². The van der Waals surface area contributed by atoms with Crippen molar-refractivity contribution in [2.24, 2.45) is 5.84 Å². The van der Waals surface area contributed by atoms with Gasteiger partial charge in [0.2, 0.25) is 0 Å². The van der Waals surface area contributed by atoms with Crippen LogP contribution in [0.3, 0.4) is 0 Å². The molecule has 0 spiro atoms. The van der Waals surface area contributed by atoms with Crippen molar-refractivity contribution in [3.63, 3.8) is 0 Å². The first-order valence-corrected chi connectivity index (χ1v) is 5.82. The maximum atomic E-state index is 12.2. The number of rotatable bonds is 2. The van der Waals surface area contributed by atoms with Crippen molar-refractivity contribution in [2.45, 2.75) is 32.2 Å². The quantitative estimate of drug-likeness (QED) is 0.584. The smallest absolute Gasteiger partial charge is 0.274 e. The van der Waals surface area contributed by atoms with Crippen LogP contribution < -0.4 is 11.3 Å². The van der Waals surface area contributed by atoms with Crippen LogP contribution in [0.1, 0.15) is 36.7 Å². The lowest BCUT2D eigenvalue weighted by molar-refractivity contribution is 0.0629. The first-order chi connectivity index (χ1) is 8.22. The average Bonchev–Trinajstić information content (AvgIpc) is 2.39. The van der Waals surface area contributed by atoms with E-state index in [-0.39, 0.29) is 11.9 Å². The predicted octanol–water partition coefficient (Wildman–Crippen LogP) is 0.777. The van der Waals surface area contributed by atoms with Gasteiger partial charge in [-0.2, -0.15) is 0 Å². The van der Waals surface area contributed by atoms with Crippen molar-refractivity contribution in [3.05, 3.63) is 18.1 Å². The lowest BCUT2D eigenvalue weighted by Gasteiger charge is -2.33. The normalized spacial score (nSPS) is 20.1. The molecule has 0 saturated carbocycles. The number of piperidine rings is 1. The molecular formula is C11H17N5O. The summed E-state index contributed by atoms with van der Waals surface area (Å²) in [7, 11) is 0. The van der Waals surface area contributed by atoms with Gasteiger partial charge in [-0.15, -0.1) is 0 Å². The third-order valence-corrected chi connectivity index (χ3v) is 3.08. The molecule has 2 heterocycles. The number of aromatic nitrogens is 2. The highest BCUT2D eigenvalue weighted by Crippen LogP contribution is 2.18. The van der Waals surface area contributed by atoms with E-state index in [1.165, 1.54) is 18.8 Å². The number of nitrogens with two attached hydrogens (primary N) is 1. The molecule has 1 aliphatic rings. The Kier molecular flexibility index (Phi) is 3.53. The number of carbonyl (C=O) groups is 1. The Labute approximate surface area is 100 Å². The van der Waals surface area contributed by atoms with E-state index in [2.05, 4.69) is 22.3 Å². The topological polar surface area (TPSA) is 84.1 Å². The molecule has 1 aliphatic heterocycles. The van der Waals surface area contributed by atoms with Crippen LogP contribution in [0.25, 0.3) is 0 Å². The summed E-state index contributed by atoms with van der Waals surface area (Å²) < 4.78 is 0. The highest BCUT2D eigenvalue weighted by molar-refractivity contribution is 5.92. The average molecular weight is 235 g/mol. The zero-order valence-electron chi connectivity index (χ0n) is 9.89. The largest absolute Gasteiger partial charge is 0.335 e. The lowest BCUT2D eigenvalue weighted by Crippen LogP contribution is -2.42. The standard InChI is InChI=1S/C11H17N5O/c1-8-4-2-3-5-16(8)11(17)9-6-14-10(15-12)7-13-9/h6-8H,2-5,12H2,1H3,(H,14,15). The van der Waals surface area contributed by atoms with Crippen molar-refractivity contribution in [1.82, 2.24) is 14.9 Å². The molecule has 0 radical (unpaired) electrons. The van der Waals surface area contributed by atoms with E-state index < -0.39 is 0 Å². The second kappa shape index (κ2) is 5.09. The van der Waals surface area contributed by atoms with Gasteiger partial charge in [-0.3, -0.25) is 4.79 Å². The van der Waals surface area contributed by atoms with Crippen molar-refractivity contribution in [3.8, 4) is 0 Å². The number of nitrogens with zero attached hydrogens (tertiary/aromatic N) is 3. The Balaban J connectivity index is 2.12. The Morgan fingerprint density at radius 1 is 1.47 bits per heavy atom. The van der Waals surface area contributed by atoms with Gasteiger partial charge in [0.1, 0.15) is 5.69 Å². The van der Waals surface area contributed by atoms with Crippen molar-refractivity contribution >= 4 is 11.7 Å². The lowest BCUT2D eigenvalue weighted by atomic mass is 10.0. The molecule has 6 heteroatoms. The monoisotopic (exact) mass is 235 g/mol. The zero-order chi connectivity index (χ0) is 12.3. The number of hydrogen-bond donors (Lipinski definition) is 2. The Hall–Kier alpha value is -1.69. The molecule has 1 aromatic heterocycles. The third-order valence-electron chi connectivity index (χ3n) is 3.08. The molecule has 1 atom stereocenters. The van der Waals surface area contributed by atoms with E-state index in [4.69, 9.17) is 5.84 Å². The fourth-order valence-electron chi connectivity index (χ4n) is 2.06. The SMILES string of the molecule is CC1CCCCN1C(=O)c1cnc(NN)cn1. The Morgan fingerprint density at radius 3 is 2.88 bits per heavy atom. The van der Waals surface area contributed by atoms with Gasteiger partial charge in [-0.05, 0) is 26.2 Å². The van der Waals surface area contributed by atoms with E-state index in [1.54, 1.807) is 0 Å². The number of nitrogen functional groups attached to an aromatic ring is 1. The summed E-state index contributed by atoms with van der Waals surface area (Å²) in [4.78, 5) is 22.1. The van der Waals surface area contributed by atoms with Crippen molar-refractivity contribution < 1.29 is 4.79 Å². The van der Waals surface area contributed by atoms with Crippen LogP contribution in [0.15, 0.2) is 12.4 Å². The predicted molar refractivity (Wildman–Crippen MR) is 64.2 cm³/mol. The summed E-state index contributed by atoms with van der Waals surface area (Å²) in [5.41, 5.74) is 2.76. The molecule has 1 aromatic rings. The van der Waals surface area contributed by atoms with Gasteiger partial charge in [-0.25, -0.2) is 15.8 Å². The van der Waals surface area contributed by atoms with Crippen LogP contribution in [0, 0.1) is 0 Å². The van der Waals surface area contributed by atoms with E-state index in [0.29, 0.717) is 11.5 Å². The summed E-state index contributed by atoms with van der Waals surface area (Å²) in [5, 5.41) is 0. The molecule has 1 fully saturated rings. The van der Waals surface area contributed by atoms with Gasteiger partial charge in [0, 0.05) is 12.6 Å². The summed E-state index contributed by atoms with van der Waals surface area (Å²) in [5.74, 6) is 5.60. The molecular weight excluding hydrogens is 218 g/mol. The van der Waals surface area contributed by atoms with Crippen LogP contribution in [0.5, 0.6) is 0 Å². The third kappa shape index (κ3) is 2.52. The summed E-state index contributed by atoms with van der Waals surface area (Å²) >= 11 is 0. The van der Waals surface area contributed by atoms with Crippen LogP contribution in [0.4, 0.5) is 5.82 Å². The number of anilines is 1. The maximum Gasteiger partial charge on any atom is 0.274 e. The van der Waals surface area contributed by atoms with Crippen molar-refractivity contribution in [2.75, 3.05) is 12.0 Å². The molecule has 2 rings (SSSR count). The first kappa shape index (κ1) is 11.8. The van der Waals surface area contributed by atoms with Crippen LogP contribution >= 0.6 is 0 Å². The summed E-state index contributed by atoms with van der Waals surface area (Å²) in [6.45, 7) is 2.87. The Morgan fingerprint density at radius 2 is 2.29 bits per heavy atom. The highest BCUT2D eigenvalue weighted by atomic mass is 16.2. The number of carbonyl (C=O) groups excluding carboxylic acids is 1. The van der Waals surface area contributed by atoms with Crippen molar-refractivity contribution in [1.29, 1.82) is 0 Å². The van der Waals surface area contributed by atoms with Gasteiger partial charge in [0.05, 0.1) is 12.4 Å². The van der Waals surface area contributed by atoms with E-state index in [0.717, 1.165) is 19.4 Å². The van der Waals surface area contributed by atoms with E-state index in [1.807, 2.05) is 4.90 Å². The number of hydrazine groups is 1. The summed E-state index contributed by atoms with van der Waals surface area (Å²) in [6, 6.07) is 0.283. The van der Waals surface area contributed by atoms with Crippen LogP contribution in [-0.4, -0.2) is 33.4 Å². The van der Waals surface area contributed by atoms with E-state index in [9.17, 15) is 4.79 Å². The summed E-state index contributed by atoms with van der Waals surface area (Å²) in [6.07, 6.45) is 6.22. The minimum absolute atomic E-state index is 0.0479. The van der Waals surface area contributed by atoms with Crippen LogP contribution in [0.2, 0.25) is 0 Å².